The number of aryl methyl sites for hydroxylation is 1. The molecule has 10 nitrogen and oxygen atoms in total. The molecular formula is C28H25Cl3N8O2. The molecule has 1 aromatic carbocycles. The fraction of sp³-hybridized carbons (Fsp3) is 0.179. The van der Waals surface area contributed by atoms with Gasteiger partial charge in [-0.05, 0) is 48.4 Å². The Hall–Kier alpha value is -4.12. The molecule has 0 spiro atoms. The van der Waals surface area contributed by atoms with Crippen LogP contribution in [-0.2, 0) is 6.54 Å². The van der Waals surface area contributed by atoms with Gasteiger partial charge in [-0.2, -0.15) is 0 Å². The highest BCUT2D eigenvalue weighted by Crippen LogP contribution is 2.31. The number of hydrogen-bond acceptors (Lipinski definition) is 6. The minimum absolute atomic E-state index is 0.129. The molecule has 3 amide bonds. The number of aromatic nitrogens is 4. The molecule has 210 valence electrons. The predicted octanol–water partition coefficient (Wildman–Crippen LogP) is 5.82. The Morgan fingerprint density at radius 2 is 1.90 bits per heavy atom. The number of urea groups is 1. The van der Waals surface area contributed by atoms with E-state index in [0.717, 1.165) is 11.1 Å². The monoisotopic (exact) mass is 610 g/mol. The molecule has 1 fully saturated rings. The zero-order chi connectivity index (χ0) is 29.3. The quantitative estimate of drug-likeness (QED) is 0.243. The van der Waals surface area contributed by atoms with Crippen molar-refractivity contribution < 1.29 is 9.59 Å². The van der Waals surface area contributed by atoms with E-state index in [4.69, 9.17) is 34.8 Å². The fourth-order valence-electron chi connectivity index (χ4n) is 4.48. The summed E-state index contributed by atoms with van der Waals surface area (Å²) in [5.41, 5.74) is 3.44. The van der Waals surface area contributed by atoms with Crippen molar-refractivity contribution in [3.05, 3.63) is 99.0 Å². The minimum Gasteiger partial charge on any atom is -0.388 e. The summed E-state index contributed by atoms with van der Waals surface area (Å²) in [4.78, 5) is 38.8. The highest BCUT2D eigenvalue weighted by Gasteiger charge is 2.33. The number of anilines is 2. The number of nitrogens with one attached hydrogen (secondary N) is 2. The maximum Gasteiger partial charge on any atom is 0.326 e. The average Bonchev–Trinajstić information content (AvgIpc) is 3.54. The average molecular weight is 612 g/mol. The van der Waals surface area contributed by atoms with Gasteiger partial charge in [0.25, 0.3) is 5.91 Å². The van der Waals surface area contributed by atoms with Gasteiger partial charge in [0, 0.05) is 61.4 Å². The molecule has 4 aromatic rings. The Bertz CT molecular complexity index is 1650. The van der Waals surface area contributed by atoms with Crippen LogP contribution in [0.15, 0.2) is 61.4 Å². The Morgan fingerprint density at radius 1 is 1.10 bits per heavy atom. The Labute approximate surface area is 251 Å². The molecular weight excluding hydrogens is 587 g/mol. The number of nitrogens with zero attached hydrogens (tertiary/aromatic N) is 6. The summed E-state index contributed by atoms with van der Waals surface area (Å²) >= 11 is 18.6. The van der Waals surface area contributed by atoms with Gasteiger partial charge in [-0.15, -0.1) is 5.10 Å². The van der Waals surface area contributed by atoms with Crippen molar-refractivity contribution >= 4 is 63.9 Å². The summed E-state index contributed by atoms with van der Waals surface area (Å²) < 4.78 is 1.34. The van der Waals surface area contributed by atoms with Gasteiger partial charge in [0.1, 0.15) is 10.8 Å². The predicted molar refractivity (Wildman–Crippen MR) is 161 cm³/mol. The zero-order valence-corrected chi connectivity index (χ0v) is 24.4. The maximum absolute atomic E-state index is 13.8. The molecule has 0 saturated carbocycles. The summed E-state index contributed by atoms with van der Waals surface area (Å²) in [6, 6.07) is 11.6. The van der Waals surface area contributed by atoms with Crippen molar-refractivity contribution in [3.8, 4) is 5.82 Å². The van der Waals surface area contributed by atoms with E-state index in [1.54, 1.807) is 60.7 Å². The molecule has 5 rings (SSSR count). The van der Waals surface area contributed by atoms with Crippen molar-refractivity contribution in [2.75, 3.05) is 30.4 Å². The molecule has 0 aliphatic carbocycles. The Balaban J connectivity index is 1.50. The van der Waals surface area contributed by atoms with Crippen LogP contribution in [0.5, 0.6) is 0 Å². The SMILES string of the molecule is C=C(NC)c1cc(Cl)cc(C)c1NC(=O)c1cc(N2CCN(Cc3ccc(Cl)nc3)C2=O)nn1-c1ncccc1Cl. The van der Waals surface area contributed by atoms with E-state index in [-0.39, 0.29) is 28.4 Å². The van der Waals surface area contributed by atoms with E-state index in [1.165, 1.54) is 9.58 Å². The van der Waals surface area contributed by atoms with E-state index in [9.17, 15) is 9.59 Å². The van der Waals surface area contributed by atoms with Crippen LogP contribution in [0.4, 0.5) is 16.3 Å². The first-order valence-electron chi connectivity index (χ1n) is 12.5. The van der Waals surface area contributed by atoms with E-state index < -0.39 is 5.91 Å². The Morgan fingerprint density at radius 3 is 2.61 bits per heavy atom. The lowest BCUT2D eigenvalue weighted by Gasteiger charge is -2.17. The number of halogens is 3. The largest absolute Gasteiger partial charge is 0.388 e. The second-order valence-electron chi connectivity index (χ2n) is 9.28. The number of amides is 3. The van der Waals surface area contributed by atoms with Crippen LogP contribution in [0.3, 0.4) is 0 Å². The maximum atomic E-state index is 13.8. The highest BCUT2D eigenvalue weighted by atomic mass is 35.5. The van der Waals surface area contributed by atoms with Crippen LogP contribution in [0.2, 0.25) is 15.2 Å². The summed E-state index contributed by atoms with van der Waals surface area (Å²) in [5, 5.41) is 11.7. The summed E-state index contributed by atoms with van der Waals surface area (Å²) in [7, 11) is 1.73. The minimum atomic E-state index is -0.489. The lowest BCUT2D eigenvalue weighted by molar-refractivity contribution is 0.101. The standard InChI is InChI=1S/C28H25Cl3N8O2/c1-16-11-19(29)12-20(17(2)32-3)25(16)35-27(40)22-13-24(36-39(22)26-21(30)5-4-8-33-26)38-10-9-37(28(38)41)15-18-6-7-23(31)34-14-18/h4-8,11-14,32H,2,9-10,15H2,1,3H3,(H,35,40). The van der Waals surface area contributed by atoms with Crippen LogP contribution in [0.1, 0.15) is 27.2 Å². The molecule has 0 atom stereocenters. The van der Waals surface area contributed by atoms with Crippen LogP contribution in [0.25, 0.3) is 11.5 Å². The van der Waals surface area contributed by atoms with Gasteiger partial charge >= 0.3 is 6.03 Å². The van der Waals surface area contributed by atoms with E-state index in [0.29, 0.717) is 46.8 Å². The van der Waals surface area contributed by atoms with E-state index >= 15 is 0 Å². The Kier molecular flexibility index (Phi) is 8.16. The normalized spacial score (nSPS) is 13.0. The van der Waals surface area contributed by atoms with Gasteiger partial charge < -0.3 is 15.5 Å². The molecule has 0 unspecified atom stereocenters. The first-order valence-corrected chi connectivity index (χ1v) is 13.7. The molecule has 4 heterocycles. The van der Waals surface area contributed by atoms with Crippen LogP contribution in [0, 0.1) is 6.92 Å². The third kappa shape index (κ3) is 5.85. The smallest absolute Gasteiger partial charge is 0.326 e. The van der Waals surface area contributed by atoms with Crippen LogP contribution >= 0.6 is 34.8 Å². The molecule has 41 heavy (non-hydrogen) atoms. The lowest BCUT2D eigenvalue weighted by Crippen LogP contribution is -2.31. The number of carbonyl (C=O) groups is 2. The number of carbonyl (C=O) groups excluding carboxylic acids is 2. The molecule has 1 aliphatic heterocycles. The first-order chi connectivity index (χ1) is 19.7. The van der Waals surface area contributed by atoms with Crippen molar-refractivity contribution in [1.29, 1.82) is 0 Å². The summed E-state index contributed by atoms with van der Waals surface area (Å²) in [6.45, 7) is 7.04. The molecule has 3 aromatic heterocycles. The molecule has 1 saturated heterocycles. The van der Waals surface area contributed by atoms with Crippen LogP contribution in [-0.4, -0.2) is 56.7 Å². The van der Waals surface area contributed by atoms with Gasteiger partial charge in [0.2, 0.25) is 0 Å². The van der Waals surface area contributed by atoms with Gasteiger partial charge in [0.15, 0.2) is 11.6 Å². The highest BCUT2D eigenvalue weighted by molar-refractivity contribution is 6.32. The topological polar surface area (TPSA) is 108 Å². The first kappa shape index (κ1) is 28.4. The second-order valence-corrected chi connectivity index (χ2v) is 10.5. The van der Waals surface area contributed by atoms with E-state index in [2.05, 4.69) is 32.3 Å². The van der Waals surface area contributed by atoms with Crippen molar-refractivity contribution in [2.45, 2.75) is 13.5 Å². The summed E-state index contributed by atoms with van der Waals surface area (Å²) in [5.74, 6) is 0.0390. The second kappa shape index (κ2) is 11.8. The van der Waals surface area contributed by atoms with Crippen molar-refractivity contribution in [2.24, 2.45) is 0 Å². The molecule has 1 aliphatic rings. The van der Waals surface area contributed by atoms with Gasteiger partial charge in [-0.1, -0.05) is 47.4 Å². The number of rotatable bonds is 8. The van der Waals surface area contributed by atoms with Gasteiger partial charge in [-0.3, -0.25) is 9.69 Å². The zero-order valence-electron chi connectivity index (χ0n) is 22.2. The molecule has 0 bridgehead atoms. The fourth-order valence-corrected chi connectivity index (χ4v) is 5.06. The van der Waals surface area contributed by atoms with E-state index in [1.807, 2.05) is 13.0 Å². The van der Waals surface area contributed by atoms with Gasteiger partial charge in [0.05, 0.1) is 10.7 Å². The molecule has 2 N–H and O–H groups in total. The van der Waals surface area contributed by atoms with Crippen molar-refractivity contribution in [1.82, 2.24) is 30.0 Å². The van der Waals surface area contributed by atoms with Crippen molar-refractivity contribution in [3.63, 3.8) is 0 Å². The number of benzene rings is 1. The lowest BCUT2D eigenvalue weighted by atomic mass is 10.1. The number of pyridine rings is 2. The third-order valence-corrected chi connectivity index (χ3v) is 7.30. The molecule has 13 heteroatoms. The van der Waals surface area contributed by atoms with Gasteiger partial charge in [-0.25, -0.2) is 19.4 Å². The third-order valence-electron chi connectivity index (χ3n) is 6.57. The summed E-state index contributed by atoms with van der Waals surface area (Å²) in [6.07, 6.45) is 3.18. The number of hydrogen-bond donors (Lipinski definition) is 2. The molecule has 0 radical (unpaired) electrons. The van der Waals surface area contributed by atoms with Crippen LogP contribution < -0.4 is 15.5 Å².